The summed E-state index contributed by atoms with van der Waals surface area (Å²) in [5, 5.41) is 0. The molecule has 1 fully saturated rings. The number of rotatable bonds is 3. The molecule has 0 radical (unpaired) electrons. The summed E-state index contributed by atoms with van der Waals surface area (Å²) < 4.78 is 5.38. The third kappa shape index (κ3) is 2.50. The number of benzene rings is 1. The highest BCUT2D eigenvalue weighted by atomic mass is 16.5. The molecule has 1 aromatic carbocycles. The average molecular weight is 233 g/mol. The predicted octanol–water partition coefficient (Wildman–Crippen LogP) is 2.24. The summed E-state index contributed by atoms with van der Waals surface area (Å²) in [5.74, 6) is 0.101. The highest BCUT2D eigenvalue weighted by Crippen LogP contribution is 2.32. The second-order valence-electron chi connectivity index (χ2n) is 4.48. The molecule has 0 saturated carbocycles. The van der Waals surface area contributed by atoms with Gasteiger partial charge in [-0.25, -0.2) is 0 Å². The summed E-state index contributed by atoms with van der Waals surface area (Å²) in [4.78, 5) is 11.5. The Morgan fingerprint density at radius 3 is 2.71 bits per heavy atom. The second kappa shape index (κ2) is 5.32. The van der Waals surface area contributed by atoms with E-state index < -0.39 is 0 Å². The van der Waals surface area contributed by atoms with Gasteiger partial charge in [-0.1, -0.05) is 19.1 Å². The molecule has 2 rings (SSSR count). The first-order valence-corrected chi connectivity index (χ1v) is 6.23. The van der Waals surface area contributed by atoms with Crippen LogP contribution in [0.15, 0.2) is 18.2 Å². The minimum absolute atomic E-state index is 0.318. The van der Waals surface area contributed by atoms with Crippen LogP contribution in [0.25, 0.3) is 0 Å². The van der Waals surface area contributed by atoms with E-state index in [1.54, 1.807) is 0 Å². The van der Waals surface area contributed by atoms with Crippen LogP contribution in [0.5, 0.6) is 0 Å². The van der Waals surface area contributed by atoms with Crippen molar-refractivity contribution in [1.82, 2.24) is 0 Å². The lowest BCUT2D eigenvalue weighted by atomic mass is 9.84. The van der Waals surface area contributed by atoms with Gasteiger partial charge in [0.05, 0.1) is 0 Å². The first kappa shape index (κ1) is 12.1. The minimum atomic E-state index is -0.318. The van der Waals surface area contributed by atoms with Crippen molar-refractivity contribution in [2.75, 3.05) is 13.2 Å². The SMILES string of the molecule is CCc1cccc(C(N)=O)c1C1CCOCC1. The largest absolute Gasteiger partial charge is 0.381 e. The predicted molar refractivity (Wildman–Crippen MR) is 67.1 cm³/mol. The van der Waals surface area contributed by atoms with E-state index in [0.29, 0.717) is 11.5 Å². The fourth-order valence-corrected chi connectivity index (χ4v) is 2.60. The van der Waals surface area contributed by atoms with Crippen molar-refractivity contribution < 1.29 is 9.53 Å². The number of hydrogen-bond acceptors (Lipinski definition) is 2. The van der Waals surface area contributed by atoms with Crippen molar-refractivity contribution in [2.45, 2.75) is 32.1 Å². The van der Waals surface area contributed by atoms with Crippen LogP contribution in [0.3, 0.4) is 0 Å². The highest BCUT2D eigenvalue weighted by Gasteiger charge is 2.22. The fourth-order valence-electron chi connectivity index (χ4n) is 2.60. The number of hydrogen-bond donors (Lipinski definition) is 1. The van der Waals surface area contributed by atoms with Crippen molar-refractivity contribution >= 4 is 5.91 Å². The Morgan fingerprint density at radius 1 is 1.41 bits per heavy atom. The number of nitrogens with two attached hydrogens (primary N) is 1. The average Bonchev–Trinajstić information content (AvgIpc) is 2.38. The molecular formula is C14H19NO2. The van der Waals surface area contributed by atoms with Crippen LogP contribution >= 0.6 is 0 Å². The van der Waals surface area contributed by atoms with Crippen LogP contribution in [-0.4, -0.2) is 19.1 Å². The normalized spacial score (nSPS) is 17.0. The topological polar surface area (TPSA) is 52.3 Å². The molecule has 1 heterocycles. The smallest absolute Gasteiger partial charge is 0.248 e. The van der Waals surface area contributed by atoms with Gasteiger partial charge in [0.2, 0.25) is 5.91 Å². The van der Waals surface area contributed by atoms with Crippen molar-refractivity contribution in [2.24, 2.45) is 5.73 Å². The molecule has 1 amide bonds. The van der Waals surface area contributed by atoms with Crippen LogP contribution in [0.1, 0.15) is 47.2 Å². The molecule has 0 aromatic heterocycles. The minimum Gasteiger partial charge on any atom is -0.381 e. The molecule has 1 saturated heterocycles. The van der Waals surface area contributed by atoms with Gasteiger partial charge in [-0.3, -0.25) is 4.79 Å². The van der Waals surface area contributed by atoms with Gasteiger partial charge in [-0.15, -0.1) is 0 Å². The molecule has 0 aliphatic carbocycles. The third-order valence-electron chi connectivity index (χ3n) is 3.47. The van der Waals surface area contributed by atoms with Crippen LogP contribution < -0.4 is 5.73 Å². The molecule has 92 valence electrons. The van der Waals surface area contributed by atoms with Crippen molar-refractivity contribution in [3.63, 3.8) is 0 Å². The van der Waals surface area contributed by atoms with E-state index in [2.05, 4.69) is 13.0 Å². The number of aryl methyl sites for hydroxylation is 1. The summed E-state index contributed by atoms with van der Waals surface area (Å²) in [6.07, 6.45) is 2.91. The lowest BCUT2D eigenvalue weighted by Gasteiger charge is -2.26. The summed E-state index contributed by atoms with van der Waals surface area (Å²) in [5.41, 5.74) is 8.57. The molecule has 0 unspecified atom stereocenters. The van der Waals surface area contributed by atoms with Gasteiger partial charge in [-0.2, -0.15) is 0 Å². The standard InChI is InChI=1S/C14H19NO2/c1-2-10-4-3-5-12(14(15)16)13(10)11-6-8-17-9-7-11/h3-5,11H,2,6-9H2,1H3,(H2,15,16). The van der Waals surface area contributed by atoms with Crippen LogP contribution in [0.4, 0.5) is 0 Å². The van der Waals surface area contributed by atoms with Gasteiger partial charge in [-0.05, 0) is 42.4 Å². The van der Waals surface area contributed by atoms with Gasteiger partial charge in [0.15, 0.2) is 0 Å². The Bertz CT molecular complexity index is 409. The van der Waals surface area contributed by atoms with Crippen LogP contribution in [0, 0.1) is 0 Å². The van der Waals surface area contributed by atoms with E-state index >= 15 is 0 Å². The van der Waals surface area contributed by atoms with E-state index in [4.69, 9.17) is 10.5 Å². The zero-order chi connectivity index (χ0) is 12.3. The molecule has 1 aliphatic rings. The molecule has 0 atom stereocenters. The fraction of sp³-hybridized carbons (Fsp3) is 0.500. The maximum absolute atomic E-state index is 11.5. The number of carbonyl (C=O) groups excluding carboxylic acids is 1. The van der Waals surface area contributed by atoms with Gasteiger partial charge in [0.1, 0.15) is 0 Å². The molecule has 1 aliphatic heterocycles. The number of ether oxygens (including phenoxy) is 1. The summed E-state index contributed by atoms with van der Waals surface area (Å²) in [6.45, 7) is 3.67. The molecule has 2 N–H and O–H groups in total. The highest BCUT2D eigenvalue weighted by molar-refractivity contribution is 5.94. The number of carbonyl (C=O) groups is 1. The van der Waals surface area contributed by atoms with E-state index in [-0.39, 0.29) is 5.91 Å². The van der Waals surface area contributed by atoms with E-state index in [9.17, 15) is 4.79 Å². The number of amides is 1. The molecule has 0 bridgehead atoms. The Hall–Kier alpha value is -1.35. The molecule has 3 heteroatoms. The molecule has 3 nitrogen and oxygen atoms in total. The molecule has 1 aromatic rings. The van der Waals surface area contributed by atoms with Gasteiger partial charge >= 0.3 is 0 Å². The molecule has 0 spiro atoms. The molecule has 17 heavy (non-hydrogen) atoms. The van der Waals surface area contributed by atoms with Crippen LogP contribution in [0.2, 0.25) is 0 Å². The summed E-state index contributed by atoms with van der Waals surface area (Å²) in [6, 6.07) is 5.85. The van der Waals surface area contributed by atoms with Crippen molar-refractivity contribution in [1.29, 1.82) is 0 Å². The van der Waals surface area contributed by atoms with Crippen molar-refractivity contribution in [3.8, 4) is 0 Å². The van der Waals surface area contributed by atoms with Crippen LogP contribution in [-0.2, 0) is 11.2 Å². The van der Waals surface area contributed by atoms with E-state index in [0.717, 1.165) is 38.0 Å². The first-order chi connectivity index (χ1) is 8.24. The number of primary amides is 1. The maximum Gasteiger partial charge on any atom is 0.248 e. The Labute approximate surface area is 102 Å². The van der Waals surface area contributed by atoms with Crippen molar-refractivity contribution in [3.05, 3.63) is 34.9 Å². The van der Waals surface area contributed by atoms with Gasteiger partial charge in [0.25, 0.3) is 0 Å². The quantitative estimate of drug-likeness (QED) is 0.870. The lowest BCUT2D eigenvalue weighted by molar-refractivity contribution is 0.0843. The van der Waals surface area contributed by atoms with Gasteiger partial charge < -0.3 is 10.5 Å². The Kier molecular flexibility index (Phi) is 3.79. The monoisotopic (exact) mass is 233 g/mol. The Balaban J connectivity index is 2.43. The van der Waals surface area contributed by atoms with E-state index in [1.165, 1.54) is 5.56 Å². The third-order valence-corrected chi connectivity index (χ3v) is 3.47. The molecular weight excluding hydrogens is 214 g/mol. The first-order valence-electron chi connectivity index (χ1n) is 6.23. The second-order valence-corrected chi connectivity index (χ2v) is 4.48. The zero-order valence-corrected chi connectivity index (χ0v) is 10.2. The lowest BCUT2D eigenvalue weighted by Crippen LogP contribution is -2.21. The Morgan fingerprint density at radius 2 is 2.12 bits per heavy atom. The zero-order valence-electron chi connectivity index (χ0n) is 10.2. The maximum atomic E-state index is 11.5. The van der Waals surface area contributed by atoms with Gasteiger partial charge in [0, 0.05) is 18.8 Å². The van der Waals surface area contributed by atoms with E-state index in [1.807, 2.05) is 12.1 Å². The summed E-state index contributed by atoms with van der Waals surface area (Å²) >= 11 is 0. The summed E-state index contributed by atoms with van der Waals surface area (Å²) in [7, 11) is 0.